The van der Waals surface area contributed by atoms with Gasteiger partial charge < -0.3 is 5.11 Å². The van der Waals surface area contributed by atoms with Crippen molar-refractivity contribution >= 4 is 36.5 Å². The van der Waals surface area contributed by atoms with Gasteiger partial charge in [-0.15, -0.1) is 0 Å². The summed E-state index contributed by atoms with van der Waals surface area (Å²) in [5.74, 6) is 0.426. The van der Waals surface area contributed by atoms with Gasteiger partial charge in [0.2, 0.25) is 0 Å². The van der Waals surface area contributed by atoms with Crippen molar-refractivity contribution in [2.75, 3.05) is 0 Å². The predicted molar refractivity (Wildman–Crippen MR) is 118 cm³/mol. The zero-order valence-corrected chi connectivity index (χ0v) is 21.1. The summed E-state index contributed by atoms with van der Waals surface area (Å²) in [6.07, 6.45) is 6.81. The first-order chi connectivity index (χ1) is 12.9. The Bertz CT molecular complexity index is 757. The van der Waals surface area contributed by atoms with Crippen LogP contribution in [0.15, 0.2) is 47.5 Å². The van der Waals surface area contributed by atoms with E-state index in [4.69, 9.17) is 22.0 Å². The second-order valence-electron chi connectivity index (χ2n) is 7.87. The van der Waals surface area contributed by atoms with Crippen molar-refractivity contribution in [1.29, 1.82) is 0 Å². The van der Waals surface area contributed by atoms with E-state index in [1.807, 2.05) is 12.3 Å². The monoisotopic (exact) mass is 497 g/mol. The number of aliphatic imine (C=N–C) groups is 1. The molecule has 0 aliphatic heterocycles. The van der Waals surface area contributed by atoms with Crippen molar-refractivity contribution in [2.45, 2.75) is 51.4 Å². The third-order valence-corrected chi connectivity index (χ3v) is 6.80. The fourth-order valence-corrected chi connectivity index (χ4v) is 4.81. The quantitative estimate of drug-likeness (QED) is 0.386. The maximum absolute atomic E-state index is 10.8. The standard InChI is InChI=1S/C21H27NOSi.2ClH.Zr/c1-24(2,3)20-14-17(16-9-5-4-6-10-16)13-18(21(20)23)15-22-19-11-7-8-12-19;;;/h4-6,9-10,13-15,19,23H,7-8,11-12H2,1-3H3;2*1H;/q;;;+2/p-2. The number of hydrogen-bond donors (Lipinski definition) is 1. The van der Waals surface area contributed by atoms with Gasteiger partial charge in [-0.05, 0) is 35.2 Å². The van der Waals surface area contributed by atoms with Crippen molar-refractivity contribution in [1.82, 2.24) is 0 Å². The molecule has 3 rings (SSSR count). The molecule has 27 heavy (non-hydrogen) atoms. The maximum atomic E-state index is 10.8. The van der Waals surface area contributed by atoms with Crippen molar-refractivity contribution in [2.24, 2.45) is 4.99 Å². The van der Waals surface area contributed by atoms with Crippen LogP contribution in [0.3, 0.4) is 0 Å². The molecule has 0 spiro atoms. The molecule has 1 fully saturated rings. The molecular weight excluding hydrogens is 472 g/mol. The topological polar surface area (TPSA) is 32.6 Å². The number of benzene rings is 2. The molecule has 2 aromatic carbocycles. The van der Waals surface area contributed by atoms with Crippen molar-refractivity contribution < 1.29 is 26.0 Å². The van der Waals surface area contributed by atoms with E-state index in [1.165, 1.54) is 36.8 Å². The normalized spacial score (nSPS) is 14.9. The number of phenolic OH excluding ortho intramolecular Hbond substituents is 1. The molecule has 1 N–H and O–H groups in total. The molecule has 0 atom stereocenters. The summed E-state index contributed by atoms with van der Waals surface area (Å²) in [6, 6.07) is 15.1. The van der Waals surface area contributed by atoms with Crippen LogP contribution in [0.5, 0.6) is 5.75 Å². The predicted octanol–water partition coefficient (Wildman–Crippen LogP) is 6.34. The number of rotatable bonds is 4. The van der Waals surface area contributed by atoms with Crippen LogP contribution in [0.2, 0.25) is 19.6 Å². The third-order valence-electron chi connectivity index (χ3n) is 4.80. The van der Waals surface area contributed by atoms with E-state index in [9.17, 15) is 5.11 Å². The number of aromatic hydroxyl groups is 1. The Morgan fingerprint density at radius 1 is 1.04 bits per heavy atom. The molecule has 1 aliphatic rings. The Labute approximate surface area is 182 Å². The SMILES string of the molecule is C[Si](C)(C)c1cc(-c2ccccc2)cc(C=NC2CCCC2)c1O.[Cl][Zr][Cl]. The molecule has 0 heterocycles. The zero-order valence-electron chi connectivity index (χ0n) is 16.2. The molecule has 0 aromatic heterocycles. The summed E-state index contributed by atoms with van der Waals surface area (Å²) >= 11 is -0.826. The van der Waals surface area contributed by atoms with Gasteiger partial charge in [0.25, 0.3) is 0 Å². The summed E-state index contributed by atoms with van der Waals surface area (Å²) in [6.45, 7) is 6.82. The van der Waals surface area contributed by atoms with Crippen molar-refractivity contribution in [3.05, 3.63) is 48.0 Å². The van der Waals surface area contributed by atoms with Crippen LogP contribution < -0.4 is 5.19 Å². The molecule has 0 saturated heterocycles. The number of phenols is 1. The molecule has 6 heteroatoms. The van der Waals surface area contributed by atoms with Gasteiger partial charge in [-0.3, -0.25) is 4.99 Å². The van der Waals surface area contributed by atoms with E-state index in [2.05, 4.69) is 56.0 Å². The second-order valence-corrected chi connectivity index (χ2v) is 16.6. The van der Waals surface area contributed by atoms with E-state index in [1.54, 1.807) is 0 Å². The first-order valence-electron chi connectivity index (χ1n) is 9.29. The molecule has 0 bridgehead atoms. The fraction of sp³-hybridized carbons (Fsp3) is 0.381. The van der Waals surface area contributed by atoms with Crippen molar-refractivity contribution in [3.63, 3.8) is 0 Å². The van der Waals surface area contributed by atoms with Crippen LogP contribution in [0.25, 0.3) is 11.1 Å². The van der Waals surface area contributed by atoms with E-state index in [-0.39, 0.29) is 0 Å². The van der Waals surface area contributed by atoms with Gasteiger partial charge >= 0.3 is 37.9 Å². The van der Waals surface area contributed by atoms with Gasteiger partial charge in [0.15, 0.2) is 0 Å². The molecule has 144 valence electrons. The molecule has 1 aliphatic carbocycles. The summed E-state index contributed by atoms with van der Waals surface area (Å²) in [5, 5.41) is 11.9. The molecular formula is C21H27Cl2NOSiZr. The minimum absolute atomic E-state index is 0.426. The average Bonchev–Trinajstić information content (AvgIpc) is 3.15. The molecule has 0 radical (unpaired) electrons. The van der Waals surface area contributed by atoms with Crippen LogP contribution in [0.1, 0.15) is 31.2 Å². The zero-order chi connectivity index (χ0) is 19.9. The summed E-state index contributed by atoms with van der Waals surface area (Å²) in [5.41, 5.74) is 3.21. The number of nitrogens with zero attached hydrogens (tertiary/aromatic N) is 1. The van der Waals surface area contributed by atoms with E-state index in [0.29, 0.717) is 11.8 Å². The Hall–Kier alpha value is -0.410. The van der Waals surface area contributed by atoms with E-state index < -0.39 is 28.9 Å². The van der Waals surface area contributed by atoms with Gasteiger partial charge in [0.05, 0.1) is 8.07 Å². The molecule has 2 aromatic rings. The Kier molecular flexibility index (Phi) is 9.28. The van der Waals surface area contributed by atoms with Crippen LogP contribution >= 0.6 is 17.0 Å². The van der Waals surface area contributed by atoms with Gasteiger partial charge in [-0.1, -0.05) is 68.9 Å². The molecule has 0 amide bonds. The summed E-state index contributed by atoms with van der Waals surface area (Å²) in [4.78, 5) is 4.74. The molecule has 1 saturated carbocycles. The van der Waals surface area contributed by atoms with E-state index in [0.717, 1.165) is 10.8 Å². The third kappa shape index (κ3) is 6.85. The fourth-order valence-electron chi connectivity index (χ4n) is 3.36. The second kappa shape index (κ2) is 11.0. The Morgan fingerprint density at radius 2 is 1.63 bits per heavy atom. The summed E-state index contributed by atoms with van der Waals surface area (Å²) < 4.78 is 0. The molecule has 2 nitrogen and oxygen atoms in total. The Morgan fingerprint density at radius 3 is 2.19 bits per heavy atom. The Balaban J connectivity index is 0.000000817. The van der Waals surface area contributed by atoms with Crippen molar-refractivity contribution in [3.8, 4) is 16.9 Å². The van der Waals surface area contributed by atoms with Gasteiger partial charge in [0.1, 0.15) is 5.75 Å². The average molecular weight is 500 g/mol. The first-order valence-corrected chi connectivity index (χ1v) is 19.1. The number of halogens is 2. The van der Waals surface area contributed by atoms with Gasteiger partial charge in [-0.25, -0.2) is 0 Å². The van der Waals surface area contributed by atoms with Crippen LogP contribution in [0, 0.1) is 0 Å². The van der Waals surface area contributed by atoms with Crippen LogP contribution in [0.4, 0.5) is 0 Å². The first kappa shape index (κ1) is 22.9. The van der Waals surface area contributed by atoms with Crippen LogP contribution in [-0.4, -0.2) is 25.4 Å². The summed E-state index contributed by atoms with van der Waals surface area (Å²) in [7, 11) is 8.22. The van der Waals surface area contributed by atoms with Gasteiger partial charge in [0, 0.05) is 17.8 Å². The molecule has 0 unspecified atom stereocenters. The number of hydrogen-bond acceptors (Lipinski definition) is 2. The van der Waals surface area contributed by atoms with Gasteiger partial charge in [-0.2, -0.15) is 0 Å². The minimum atomic E-state index is -1.65. The van der Waals surface area contributed by atoms with E-state index >= 15 is 0 Å². The van der Waals surface area contributed by atoms with Crippen LogP contribution in [-0.2, 0) is 20.8 Å².